The van der Waals surface area contributed by atoms with E-state index in [1.807, 2.05) is 34.6 Å². The molecule has 0 radical (unpaired) electrons. The number of rotatable bonds is 7. The third-order valence-corrected chi connectivity index (χ3v) is 8.08. The van der Waals surface area contributed by atoms with Crippen molar-refractivity contribution in [3.05, 3.63) is 82.5 Å². The molecule has 1 atom stereocenters. The Morgan fingerprint density at radius 1 is 1.03 bits per heavy atom. The van der Waals surface area contributed by atoms with Crippen LogP contribution in [0.15, 0.2) is 65.6 Å². The zero-order valence-corrected chi connectivity index (χ0v) is 20.3. The van der Waals surface area contributed by atoms with Gasteiger partial charge in [0.25, 0.3) is 0 Å². The Morgan fingerprint density at radius 2 is 1.77 bits per heavy atom. The summed E-state index contributed by atoms with van der Waals surface area (Å²) in [6, 6.07) is 15.7. The monoisotopic (exact) mass is 496 g/mol. The minimum atomic E-state index is -1.11. The Bertz CT molecular complexity index is 1190. The number of ether oxygens (including phenoxy) is 1. The predicted octanol–water partition coefficient (Wildman–Crippen LogP) is 3.68. The highest BCUT2D eigenvalue weighted by Gasteiger charge is 2.30. The van der Waals surface area contributed by atoms with Gasteiger partial charge in [-0.2, -0.15) is 9.78 Å². The van der Waals surface area contributed by atoms with Crippen molar-refractivity contribution < 1.29 is 13.7 Å². The second-order valence-electron chi connectivity index (χ2n) is 8.95. The van der Waals surface area contributed by atoms with Crippen LogP contribution in [-0.4, -0.2) is 50.9 Å². The molecular formula is C26H29FN4O3S. The van der Waals surface area contributed by atoms with Crippen LogP contribution in [0.1, 0.15) is 31.2 Å². The summed E-state index contributed by atoms with van der Waals surface area (Å²) in [6.07, 6.45) is 5.60. The summed E-state index contributed by atoms with van der Waals surface area (Å²) >= 11 is -1.11. The lowest BCUT2D eigenvalue weighted by atomic mass is 10.2. The molecule has 2 heterocycles. The molecule has 3 aromatic rings. The molecule has 35 heavy (non-hydrogen) atoms. The number of benzene rings is 2. The maximum atomic E-state index is 13.8. The van der Waals surface area contributed by atoms with E-state index in [1.54, 1.807) is 18.3 Å². The molecule has 1 saturated carbocycles. The van der Waals surface area contributed by atoms with E-state index in [4.69, 9.17) is 4.74 Å². The minimum Gasteiger partial charge on any atom is -0.598 e. The zero-order chi connectivity index (χ0) is 24.2. The lowest BCUT2D eigenvalue weighted by molar-refractivity contribution is 0.205. The van der Waals surface area contributed by atoms with Crippen LogP contribution in [0, 0.1) is 5.82 Å². The van der Waals surface area contributed by atoms with Crippen molar-refractivity contribution in [2.24, 2.45) is 0 Å². The fourth-order valence-electron chi connectivity index (χ4n) is 4.67. The highest BCUT2D eigenvalue weighted by Crippen LogP contribution is 2.30. The maximum Gasteiger partial charge on any atom is 0.316 e. The van der Waals surface area contributed by atoms with Crippen LogP contribution in [-0.2, 0) is 17.1 Å². The van der Waals surface area contributed by atoms with Crippen molar-refractivity contribution in [1.29, 1.82) is 0 Å². The quantitative estimate of drug-likeness (QED) is 0.465. The molecule has 1 aliphatic heterocycles. The zero-order valence-electron chi connectivity index (χ0n) is 19.5. The first-order valence-corrected chi connectivity index (χ1v) is 13.3. The Balaban J connectivity index is 1.36. The number of hydrogen-bond acceptors (Lipinski definition) is 6. The van der Waals surface area contributed by atoms with Crippen molar-refractivity contribution >= 4 is 17.0 Å². The Kier molecular flexibility index (Phi) is 7.36. The van der Waals surface area contributed by atoms with E-state index in [0.717, 1.165) is 31.2 Å². The molecule has 2 fully saturated rings. The Labute approximate surface area is 207 Å². The van der Waals surface area contributed by atoms with Gasteiger partial charge in [-0.25, -0.2) is 4.39 Å². The molecule has 0 spiro atoms. The predicted molar refractivity (Wildman–Crippen MR) is 135 cm³/mol. The number of aromatic nitrogens is 2. The third-order valence-electron chi connectivity index (χ3n) is 6.55. The summed E-state index contributed by atoms with van der Waals surface area (Å²) in [4.78, 5) is 15.5. The molecule has 5 rings (SSSR count). The molecular weight excluding hydrogens is 467 g/mol. The number of piperazine rings is 1. The second-order valence-corrected chi connectivity index (χ2v) is 10.4. The molecule has 0 bridgehead atoms. The van der Waals surface area contributed by atoms with Crippen LogP contribution >= 0.6 is 0 Å². The van der Waals surface area contributed by atoms with Gasteiger partial charge >= 0.3 is 5.56 Å². The van der Waals surface area contributed by atoms with Gasteiger partial charge < -0.3 is 14.2 Å². The smallest absolute Gasteiger partial charge is 0.316 e. The van der Waals surface area contributed by atoms with E-state index < -0.39 is 22.7 Å². The van der Waals surface area contributed by atoms with Crippen LogP contribution in [0.2, 0.25) is 0 Å². The average Bonchev–Trinajstić information content (AvgIpc) is 3.39. The normalized spacial score (nSPS) is 18.1. The summed E-state index contributed by atoms with van der Waals surface area (Å²) in [5.74, 6) is 0.315. The summed E-state index contributed by atoms with van der Waals surface area (Å²) < 4.78 is 36.1. The van der Waals surface area contributed by atoms with Gasteiger partial charge in [-0.05, 0) is 43.9 Å². The molecule has 2 aliphatic rings. The maximum absolute atomic E-state index is 13.8. The lowest BCUT2D eigenvalue weighted by Gasteiger charge is -2.36. The molecule has 184 valence electrons. The first-order chi connectivity index (χ1) is 17.1. The second kappa shape index (κ2) is 10.8. The van der Waals surface area contributed by atoms with Gasteiger partial charge in [0.1, 0.15) is 11.5 Å². The molecule has 9 heteroatoms. The van der Waals surface area contributed by atoms with Crippen LogP contribution in [0.3, 0.4) is 0 Å². The summed E-state index contributed by atoms with van der Waals surface area (Å²) in [6.45, 7) is 2.42. The Hall–Kier alpha value is -2.88. The number of anilines is 1. The van der Waals surface area contributed by atoms with Gasteiger partial charge in [-0.3, -0.25) is 4.79 Å². The Morgan fingerprint density at radius 3 is 2.49 bits per heavy atom. The largest absolute Gasteiger partial charge is 0.598 e. The number of nitrogens with zero attached hydrogens (tertiary/aromatic N) is 4. The van der Waals surface area contributed by atoms with E-state index in [2.05, 4.69) is 10.00 Å². The van der Waals surface area contributed by atoms with E-state index in [9.17, 15) is 13.7 Å². The lowest BCUT2D eigenvalue weighted by Crippen LogP contribution is -2.49. The summed E-state index contributed by atoms with van der Waals surface area (Å²) in [7, 11) is 0. The molecule has 1 aliphatic carbocycles. The van der Waals surface area contributed by atoms with Gasteiger partial charge in [0, 0.05) is 30.0 Å². The van der Waals surface area contributed by atoms with Gasteiger partial charge in [-0.15, -0.1) is 4.31 Å². The van der Waals surface area contributed by atoms with Crippen molar-refractivity contribution in [2.75, 3.05) is 31.1 Å². The first kappa shape index (κ1) is 23.8. The summed E-state index contributed by atoms with van der Waals surface area (Å²) in [5.41, 5.74) is 1.66. The first-order valence-electron chi connectivity index (χ1n) is 12.1. The molecule has 1 saturated heterocycles. The van der Waals surface area contributed by atoms with E-state index in [-0.39, 0.29) is 11.9 Å². The average molecular weight is 497 g/mol. The van der Waals surface area contributed by atoms with Crippen LogP contribution < -0.4 is 15.2 Å². The molecule has 0 amide bonds. The van der Waals surface area contributed by atoms with Crippen LogP contribution in [0.5, 0.6) is 5.75 Å². The molecule has 0 N–H and O–H groups in total. The van der Waals surface area contributed by atoms with Gasteiger partial charge in [0.15, 0.2) is 5.75 Å². The third kappa shape index (κ3) is 5.52. The van der Waals surface area contributed by atoms with Crippen molar-refractivity contribution in [1.82, 2.24) is 14.1 Å². The van der Waals surface area contributed by atoms with Crippen molar-refractivity contribution in [2.45, 2.75) is 37.5 Å². The van der Waals surface area contributed by atoms with Crippen molar-refractivity contribution in [3.8, 4) is 11.4 Å². The fourth-order valence-corrected chi connectivity index (χ4v) is 5.90. The fraction of sp³-hybridized carbons (Fsp3) is 0.385. The van der Waals surface area contributed by atoms with Crippen LogP contribution in [0.4, 0.5) is 10.1 Å². The molecule has 1 unspecified atom stereocenters. The van der Waals surface area contributed by atoms with Crippen LogP contribution in [0.25, 0.3) is 5.69 Å². The minimum absolute atomic E-state index is 0.00975. The van der Waals surface area contributed by atoms with Gasteiger partial charge in [0.05, 0.1) is 31.1 Å². The van der Waals surface area contributed by atoms with Crippen molar-refractivity contribution in [3.63, 3.8) is 0 Å². The van der Waals surface area contributed by atoms with E-state index in [1.165, 1.54) is 16.8 Å². The molecule has 2 aromatic carbocycles. The highest BCUT2D eigenvalue weighted by atomic mass is 32.2. The number of halogens is 1. The summed E-state index contributed by atoms with van der Waals surface area (Å²) in [5, 5.41) is 4.35. The number of hydrogen-bond donors (Lipinski definition) is 0. The topological polar surface area (TPSA) is 73.7 Å². The van der Waals surface area contributed by atoms with Gasteiger partial charge in [-0.1, -0.05) is 36.4 Å². The van der Waals surface area contributed by atoms with Gasteiger partial charge in [0.2, 0.25) is 5.75 Å². The van der Waals surface area contributed by atoms with E-state index >= 15 is 0 Å². The van der Waals surface area contributed by atoms with E-state index in [0.29, 0.717) is 43.3 Å². The standard InChI is InChI=1S/C26H29FN4O3S/c27-21-9-6-10-22(17-21)31-26(32)25(34-23-11-4-5-12-23)24(18-28-31)29-13-15-30(16-14-29)35(33)19-20-7-2-1-3-8-20/h1-3,6-10,17-18,23H,4-5,11-16,19H2. The SMILES string of the molecule is O=c1c(OC2CCCC2)c(N2CCN([S+]([O-])Cc3ccccc3)CC2)cnn1-c1cccc(F)c1. The molecule has 1 aromatic heterocycles. The molecule has 7 nitrogen and oxygen atoms in total. The highest BCUT2D eigenvalue weighted by molar-refractivity contribution is 7.88.